The van der Waals surface area contributed by atoms with Crippen molar-refractivity contribution in [1.82, 2.24) is 10.2 Å². The fourth-order valence-electron chi connectivity index (χ4n) is 2.24. The highest BCUT2D eigenvalue weighted by molar-refractivity contribution is 6.33. The van der Waals surface area contributed by atoms with E-state index in [-0.39, 0.29) is 12.0 Å². The van der Waals surface area contributed by atoms with Crippen LogP contribution in [0.4, 0.5) is 0 Å². The van der Waals surface area contributed by atoms with Crippen LogP contribution in [0.5, 0.6) is 0 Å². The van der Waals surface area contributed by atoms with Gasteiger partial charge >= 0.3 is 0 Å². The van der Waals surface area contributed by atoms with Gasteiger partial charge in [0.15, 0.2) is 0 Å². The molecule has 104 valence electrons. The van der Waals surface area contributed by atoms with Crippen LogP contribution in [-0.2, 0) is 0 Å². The first-order chi connectivity index (χ1) is 9.06. The van der Waals surface area contributed by atoms with E-state index < -0.39 is 0 Å². The lowest BCUT2D eigenvalue weighted by atomic mass is 10.1. The number of aliphatic hydroxyl groups excluding tert-OH is 1. The summed E-state index contributed by atoms with van der Waals surface area (Å²) in [6, 6.07) is 5.40. The predicted octanol–water partition coefficient (Wildman–Crippen LogP) is 1.44. The van der Waals surface area contributed by atoms with Gasteiger partial charge in [-0.3, -0.25) is 9.69 Å². The lowest BCUT2D eigenvalue weighted by Gasteiger charge is -2.15. The number of rotatable bonds is 4. The van der Waals surface area contributed by atoms with Crippen LogP contribution in [0.2, 0.25) is 5.02 Å². The minimum atomic E-state index is -0.220. The molecule has 1 amide bonds. The second kappa shape index (κ2) is 6.37. The van der Waals surface area contributed by atoms with Gasteiger partial charge in [-0.2, -0.15) is 0 Å². The molecule has 0 saturated carbocycles. The van der Waals surface area contributed by atoms with Crippen LogP contribution >= 0.6 is 11.6 Å². The summed E-state index contributed by atoms with van der Waals surface area (Å²) >= 11 is 6.05. The summed E-state index contributed by atoms with van der Waals surface area (Å²) in [6.07, 6.45) is 0.597. The van der Waals surface area contributed by atoms with Crippen LogP contribution in [0.3, 0.4) is 0 Å². The molecular formula is C14H19ClN2O2. The van der Waals surface area contributed by atoms with Crippen molar-refractivity contribution in [3.8, 4) is 0 Å². The molecule has 2 N–H and O–H groups in total. The number of carbonyl (C=O) groups is 1. The molecule has 5 heteroatoms. The third-order valence-corrected chi connectivity index (χ3v) is 3.64. The van der Waals surface area contributed by atoms with E-state index >= 15 is 0 Å². The zero-order chi connectivity index (χ0) is 13.8. The Morgan fingerprint density at radius 3 is 3.00 bits per heavy atom. The summed E-state index contributed by atoms with van der Waals surface area (Å²) < 4.78 is 0. The van der Waals surface area contributed by atoms with E-state index in [1.165, 1.54) is 0 Å². The first-order valence-electron chi connectivity index (χ1n) is 6.51. The molecule has 0 radical (unpaired) electrons. The van der Waals surface area contributed by atoms with Gasteiger partial charge in [0.05, 0.1) is 16.7 Å². The van der Waals surface area contributed by atoms with E-state index in [1.807, 2.05) is 13.0 Å². The van der Waals surface area contributed by atoms with Gasteiger partial charge in [0.2, 0.25) is 0 Å². The Bertz CT molecular complexity index is 465. The minimum Gasteiger partial charge on any atom is -0.392 e. The number of hydrogen-bond donors (Lipinski definition) is 2. The molecule has 1 aromatic carbocycles. The molecule has 0 bridgehead atoms. The Balaban J connectivity index is 1.81. The zero-order valence-corrected chi connectivity index (χ0v) is 11.8. The van der Waals surface area contributed by atoms with Crippen molar-refractivity contribution >= 4 is 17.5 Å². The second-order valence-electron chi connectivity index (χ2n) is 4.98. The highest BCUT2D eigenvalue weighted by atomic mass is 35.5. The molecule has 1 heterocycles. The fraction of sp³-hybridized carbons (Fsp3) is 0.500. The second-order valence-corrected chi connectivity index (χ2v) is 5.39. The molecule has 1 saturated heterocycles. The van der Waals surface area contributed by atoms with Gasteiger partial charge in [0.25, 0.3) is 5.91 Å². The number of β-amino-alcohol motifs (C(OH)–C–C–N with tert-alkyl or cyclic N) is 1. The fourth-order valence-corrected chi connectivity index (χ4v) is 2.56. The Morgan fingerprint density at radius 2 is 2.37 bits per heavy atom. The molecule has 1 aliphatic rings. The maximum absolute atomic E-state index is 12.0. The number of nitrogens with zero attached hydrogens (tertiary/aromatic N) is 1. The summed E-state index contributed by atoms with van der Waals surface area (Å²) in [6.45, 7) is 4.85. The van der Waals surface area contributed by atoms with Gasteiger partial charge in [-0.25, -0.2) is 0 Å². The quantitative estimate of drug-likeness (QED) is 0.879. The molecule has 0 aliphatic carbocycles. The van der Waals surface area contributed by atoms with E-state index in [4.69, 9.17) is 11.6 Å². The number of carbonyl (C=O) groups excluding carboxylic acids is 1. The van der Waals surface area contributed by atoms with Crippen LogP contribution in [-0.4, -0.2) is 48.2 Å². The highest BCUT2D eigenvalue weighted by Crippen LogP contribution is 2.17. The summed E-state index contributed by atoms with van der Waals surface area (Å²) in [5.41, 5.74) is 1.54. The average Bonchev–Trinajstić information content (AvgIpc) is 2.75. The maximum Gasteiger partial charge on any atom is 0.252 e. The molecule has 2 rings (SSSR count). The monoisotopic (exact) mass is 282 g/mol. The maximum atomic E-state index is 12.0. The van der Waals surface area contributed by atoms with Crippen LogP contribution in [0.15, 0.2) is 18.2 Å². The number of halogens is 1. The normalized spacial score (nSPS) is 19.6. The lowest BCUT2D eigenvalue weighted by Crippen LogP contribution is -2.34. The van der Waals surface area contributed by atoms with E-state index in [1.54, 1.807) is 12.1 Å². The molecule has 1 aliphatic heterocycles. The topological polar surface area (TPSA) is 52.6 Å². The highest BCUT2D eigenvalue weighted by Gasteiger charge is 2.19. The molecule has 1 atom stereocenters. The third kappa shape index (κ3) is 3.93. The van der Waals surface area contributed by atoms with E-state index in [2.05, 4.69) is 10.2 Å². The number of amides is 1. The Labute approximate surface area is 118 Å². The van der Waals surface area contributed by atoms with Crippen LogP contribution in [0.1, 0.15) is 22.3 Å². The Morgan fingerprint density at radius 1 is 1.58 bits per heavy atom. The molecule has 1 unspecified atom stereocenters. The number of aliphatic hydroxyl groups is 1. The average molecular weight is 283 g/mol. The number of benzene rings is 1. The Kier molecular flexibility index (Phi) is 4.80. The summed E-state index contributed by atoms with van der Waals surface area (Å²) in [5, 5.41) is 12.7. The largest absolute Gasteiger partial charge is 0.392 e. The van der Waals surface area contributed by atoms with Crippen molar-refractivity contribution in [2.45, 2.75) is 19.4 Å². The number of likely N-dealkylation sites (tertiary alicyclic amines) is 1. The number of nitrogens with one attached hydrogen (secondary N) is 1. The van der Waals surface area contributed by atoms with Gasteiger partial charge in [-0.15, -0.1) is 0 Å². The first-order valence-corrected chi connectivity index (χ1v) is 6.89. The standard InChI is InChI=1S/C14H19ClN2O2/c1-10-2-3-12(13(15)8-10)14(19)16-5-7-17-6-4-11(18)9-17/h2-3,8,11,18H,4-7,9H2,1H3,(H,16,19). The van der Waals surface area contributed by atoms with E-state index in [0.717, 1.165) is 25.1 Å². The predicted molar refractivity (Wildman–Crippen MR) is 75.6 cm³/mol. The van der Waals surface area contributed by atoms with Crippen molar-refractivity contribution in [3.63, 3.8) is 0 Å². The minimum absolute atomic E-state index is 0.148. The van der Waals surface area contributed by atoms with E-state index in [9.17, 15) is 9.90 Å². The Hall–Kier alpha value is -1.10. The summed E-state index contributed by atoms with van der Waals surface area (Å²) in [5.74, 6) is -0.148. The van der Waals surface area contributed by atoms with Gasteiger partial charge in [-0.05, 0) is 31.0 Å². The third-order valence-electron chi connectivity index (χ3n) is 3.33. The molecule has 0 aromatic heterocycles. The molecule has 1 fully saturated rings. The van der Waals surface area contributed by atoms with Crippen molar-refractivity contribution in [2.24, 2.45) is 0 Å². The molecule has 4 nitrogen and oxygen atoms in total. The van der Waals surface area contributed by atoms with Crippen molar-refractivity contribution in [2.75, 3.05) is 26.2 Å². The smallest absolute Gasteiger partial charge is 0.252 e. The van der Waals surface area contributed by atoms with Gasteiger partial charge in [0.1, 0.15) is 0 Å². The number of hydrogen-bond acceptors (Lipinski definition) is 3. The molecular weight excluding hydrogens is 264 g/mol. The van der Waals surface area contributed by atoms with Gasteiger partial charge in [0, 0.05) is 26.2 Å². The van der Waals surface area contributed by atoms with Crippen molar-refractivity contribution in [1.29, 1.82) is 0 Å². The van der Waals surface area contributed by atoms with Crippen LogP contribution in [0, 0.1) is 6.92 Å². The SMILES string of the molecule is Cc1ccc(C(=O)NCCN2CCC(O)C2)c(Cl)c1. The lowest BCUT2D eigenvalue weighted by molar-refractivity contribution is 0.0949. The summed E-state index contributed by atoms with van der Waals surface area (Å²) in [7, 11) is 0. The van der Waals surface area contributed by atoms with Gasteiger partial charge < -0.3 is 10.4 Å². The molecule has 1 aromatic rings. The van der Waals surface area contributed by atoms with Crippen LogP contribution < -0.4 is 5.32 Å². The van der Waals surface area contributed by atoms with E-state index in [0.29, 0.717) is 23.7 Å². The first kappa shape index (κ1) is 14.3. The summed E-state index contributed by atoms with van der Waals surface area (Å²) in [4.78, 5) is 14.1. The molecule has 19 heavy (non-hydrogen) atoms. The van der Waals surface area contributed by atoms with Crippen molar-refractivity contribution in [3.05, 3.63) is 34.3 Å². The number of aryl methyl sites for hydroxylation is 1. The van der Waals surface area contributed by atoms with Gasteiger partial charge in [-0.1, -0.05) is 17.7 Å². The van der Waals surface area contributed by atoms with Crippen molar-refractivity contribution < 1.29 is 9.90 Å². The zero-order valence-electron chi connectivity index (χ0n) is 11.0. The molecule has 0 spiro atoms. The van der Waals surface area contributed by atoms with Crippen LogP contribution in [0.25, 0.3) is 0 Å².